The number of anilines is 1. The average Bonchev–Trinajstić information content (AvgIpc) is 2.50. The lowest BCUT2D eigenvalue weighted by Crippen LogP contribution is -2.14. The lowest BCUT2D eigenvalue weighted by molar-refractivity contribution is 0.0526. The molecule has 0 aliphatic rings. The highest BCUT2D eigenvalue weighted by Gasteiger charge is 2.13. The Bertz CT molecular complexity index is 718. The van der Waals surface area contributed by atoms with Crippen LogP contribution in [0.15, 0.2) is 42.5 Å². The van der Waals surface area contributed by atoms with Gasteiger partial charge in [-0.2, -0.15) is 0 Å². The molecule has 0 fully saturated rings. The van der Waals surface area contributed by atoms with Gasteiger partial charge < -0.3 is 10.1 Å². The Morgan fingerprint density at radius 3 is 2.73 bits per heavy atom. The summed E-state index contributed by atoms with van der Waals surface area (Å²) < 4.78 is 18.8. The van der Waals surface area contributed by atoms with Crippen molar-refractivity contribution in [1.82, 2.24) is 0 Å². The molecule has 0 saturated heterocycles. The van der Waals surface area contributed by atoms with Gasteiger partial charge >= 0.3 is 5.97 Å². The highest BCUT2D eigenvalue weighted by Crippen LogP contribution is 2.17. The van der Waals surface area contributed by atoms with Crippen LogP contribution in [-0.4, -0.2) is 18.5 Å². The minimum atomic E-state index is -0.481. The number of halogens is 2. The smallest absolute Gasteiger partial charge is 0.338 e. The van der Waals surface area contributed by atoms with Gasteiger partial charge in [-0.15, -0.1) is 0 Å². The molecule has 2 aromatic rings. The van der Waals surface area contributed by atoms with Crippen LogP contribution < -0.4 is 5.32 Å². The maximum absolute atomic E-state index is 13.3. The van der Waals surface area contributed by atoms with E-state index >= 15 is 0 Å². The quantitative estimate of drug-likeness (QED) is 0.612. The minimum absolute atomic E-state index is 0.238. The molecule has 0 atom stereocenters. The monoisotopic (exact) mass is 413 g/mol. The molecule has 4 nitrogen and oxygen atoms in total. The zero-order valence-corrected chi connectivity index (χ0v) is 13.9. The molecule has 0 unspecified atom stereocenters. The molecule has 2 rings (SSSR count). The van der Waals surface area contributed by atoms with Crippen LogP contribution in [0.25, 0.3) is 0 Å². The van der Waals surface area contributed by atoms with Crippen LogP contribution in [0.4, 0.5) is 10.1 Å². The molecule has 0 aliphatic carbocycles. The van der Waals surface area contributed by atoms with Gasteiger partial charge in [0.05, 0.1) is 17.7 Å². The number of carbonyl (C=O) groups excluding carboxylic acids is 2. The summed E-state index contributed by atoms with van der Waals surface area (Å²) in [5.41, 5.74) is 1.02. The molecule has 2 aromatic carbocycles. The fraction of sp³-hybridized carbons (Fsp3) is 0.125. The van der Waals surface area contributed by atoms with Crippen LogP contribution in [0.2, 0.25) is 0 Å². The third-order valence-electron chi connectivity index (χ3n) is 2.80. The minimum Gasteiger partial charge on any atom is -0.462 e. The SMILES string of the molecule is CCOC(=O)c1cccc(NC(=O)c2cc(F)ccc2I)c1. The lowest BCUT2D eigenvalue weighted by atomic mass is 10.1. The number of amides is 1. The van der Waals surface area contributed by atoms with Gasteiger partial charge in [0.15, 0.2) is 0 Å². The van der Waals surface area contributed by atoms with E-state index in [1.165, 1.54) is 24.3 Å². The second kappa shape index (κ2) is 7.35. The van der Waals surface area contributed by atoms with Gasteiger partial charge in [0.25, 0.3) is 5.91 Å². The van der Waals surface area contributed by atoms with Crippen LogP contribution in [0.1, 0.15) is 27.6 Å². The van der Waals surface area contributed by atoms with Gasteiger partial charge in [0.1, 0.15) is 5.82 Å². The van der Waals surface area contributed by atoms with E-state index in [9.17, 15) is 14.0 Å². The Kier molecular flexibility index (Phi) is 5.48. The van der Waals surface area contributed by atoms with Gasteiger partial charge in [0.2, 0.25) is 0 Å². The van der Waals surface area contributed by atoms with Crippen molar-refractivity contribution in [2.45, 2.75) is 6.92 Å². The van der Waals surface area contributed by atoms with Crippen molar-refractivity contribution in [1.29, 1.82) is 0 Å². The van der Waals surface area contributed by atoms with Gasteiger partial charge in [-0.1, -0.05) is 6.07 Å². The van der Waals surface area contributed by atoms with Crippen molar-refractivity contribution in [3.8, 4) is 0 Å². The molecule has 0 heterocycles. The van der Waals surface area contributed by atoms with E-state index in [4.69, 9.17) is 4.74 Å². The van der Waals surface area contributed by atoms with E-state index in [0.717, 1.165) is 0 Å². The van der Waals surface area contributed by atoms with E-state index in [1.54, 1.807) is 25.1 Å². The molecular formula is C16H13FINO3. The summed E-state index contributed by atoms with van der Waals surface area (Å²) in [6.07, 6.45) is 0. The second-order valence-electron chi connectivity index (χ2n) is 4.38. The molecule has 6 heteroatoms. The largest absolute Gasteiger partial charge is 0.462 e. The highest BCUT2D eigenvalue weighted by molar-refractivity contribution is 14.1. The van der Waals surface area contributed by atoms with Crippen LogP contribution >= 0.6 is 22.6 Å². The number of nitrogens with one attached hydrogen (secondary N) is 1. The number of esters is 1. The first-order chi connectivity index (χ1) is 10.5. The summed E-state index contributed by atoms with van der Waals surface area (Å²) in [5.74, 6) is -1.38. The van der Waals surface area contributed by atoms with E-state index in [2.05, 4.69) is 5.32 Å². The van der Waals surface area contributed by atoms with E-state index < -0.39 is 17.7 Å². The van der Waals surface area contributed by atoms with Crippen molar-refractivity contribution in [3.05, 3.63) is 63.0 Å². The van der Waals surface area contributed by atoms with Gasteiger partial charge in [-0.05, 0) is 65.9 Å². The Morgan fingerprint density at radius 2 is 2.00 bits per heavy atom. The fourth-order valence-corrected chi connectivity index (χ4v) is 2.39. The summed E-state index contributed by atoms with van der Waals surface area (Å²) >= 11 is 1.96. The summed E-state index contributed by atoms with van der Waals surface area (Å²) in [7, 11) is 0. The first-order valence-corrected chi connectivity index (χ1v) is 7.62. The summed E-state index contributed by atoms with van der Waals surface area (Å²) in [6.45, 7) is 1.99. The van der Waals surface area contributed by atoms with E-state index in [-0.39, 0.29) is 12.2 Å². The molecule has 0 saturated carbocycles. The van der Waals surface area contributed by atoms with Gasteiger partial charge in [0, 0.05) is 9.26 Å². The molecule has 0 spiro atoms. The number of benzene rings is 2. The predicted molar refractivity (Wildman–Crippen MR) is 89.5 cm³/mol. The van der Waals surface area contributed by atoms with Crippen LogP contribution in [0.3, 0.4) is 0 Å². The maximum atomic E-state index is 13.3. The zero-order valence-electron chi connectivity index (χ0n) is 11.7. The van der Waals surface area contributed by atoms with Gasteiger partial charge in [-0.3, -0.25) is 4.79 Å². The van der Waals surface area contributed by atoms with Crippen molar-refractivity contribution in [3.63, 3.8) is 0 Å². The van der Waals surface area contributed by atoms with E-state index in [0.29, 0.717) is 14.8 Å². The number of ether oxygens (including phenoxy) is 1. The highest BCUT2D eigenvalue weighted by atomic mass is 127. The Morgan fingerprint density at radius 1 is 1.23 bits per heavy atom. The predicted octanol–water partition coefficient (Wildman–Crippen LogP) is 3.86. The third-order valence-corrected chi connectivity index (χ3v) is 3.75. The van der Waals surface area contributed by atoms with Crippen LogP contribution in [0, 0.1) is 9.39 Å². The first-order valence-electron chi connectivity index (χ1n) is 6.55. The topological polar surface area (TPSA) is 55.4 Å². The average molecular weight is 413 g/mol. The molecule has 1 N–H and O–H groups in total. The first kappa shape index (κ1) is 16.4. The summed E-state index contributed by atoms with van der Waals surface area (Å²) in [4.78, 5) is 23.9. The second-order valence-corrected chi connectivity index (χ2v) is 5.54. The van der Waals surface area contributed by atoms with Crippen molar-refractivity contribution in [2.75, 3.05) is 11.9 Å². The van der Waals surface area contributed by atoms with Crippen LogP contribution in [-0.2, 0) is 4.74 Å². The molecular weight excluding hydrogens is 400 g/mol. The fourth-order valence-electron chi connectivity index (χ4n) is 1.81. The van der Waals surface area contributed by atoms with Gasteiger partial charge in [-0.25, -0.2) is 9.18 Å². The summed E-state index contributed by atoms with van der Waals surface area (Å²) in [5, 5.41) is 2.65. The van der Waals surface area contributed by atoms with Crippen molar-refractivity contribution >= 4 is 40.2 Å². The molecule has 114 valence electrons. The number of rotatable bonds is 4. The zero-order chi connectivity index (χ0) is 16.1. The summed E-state index contributed by atoms with van der Waals surface area (Å²) in [6, 6.07) is 10.4. The molecule has 0 bridgehead atoms. The third kappa shape index (κ3) is 4.03. The number of hydrogen-bond donors (Lipinski definition) is 1. The number of carbonyl (C=O) groups is 2. The lowest BCUT2D eigenvalue weighted by Gasteiger charge is -2.08. The Balaban J connectivity index is 2.20. The Labute approximate surface area is 140 Å². The molecule has 0 aromatic heterocycles. The maximum Gasteiger partial charge on any atom is 0.338 e. The number of hydrogen-bond acceptors (Lipinski definition) is 3. The molecule has 22 heavy (non-hydrogen) atoms. The van der Waals surface area contributed by atoms with Crippen LogP contribution in [0.5, 0.6) is 0 Å². The van der Waals surface area contributed by atoms with Crippen molar-refractivity contribution < 1.29 is 18.7 Å². The molecule has 1 amide bonds. The molecule has 0 radical (unpaired) electrons. The Hall–Kier alpha value is -1.96. The normalized spacial score (nSPS) is 10.1. The standard InChI is InChI=1S/C16H13FINO3/c1-2-22-16(21)10-4-3-5-12(8-10)19-15(20)13-9-11(17)6-7-14(13)18/h3-9H,2H2,1H3,(H,19,20). The van der Waals surface area contributed by atoms with E-state index in [1.807, 2.05) is 22.6 Å². The van der Waals surface area contributed by atoms with Crippen molar-refractivity contribution in [2.24, 2.45) is 0 Å². The molecule has 0 aliphatic heterocycles.